The van der Waals surface area contributed by atoms with Crippen molar-refractivity contribution in [2.45, 2.75) is 32.2 Å². The summed E-state index contributed by atoms with van der Waals surface area (Å²) >= 11 is 0. The van der Waals surface area contributed by atoms with Crippen molar-refractivity contribution in [2.24, 2.45) is 10.7 Å². The van der Waals surface area contributed by atoms with Crippen LogP contribution >= 0.6 is 0 Å². The number of nitrogens with zero attached hydrogens (tertiary/aromatic N) is 2. The van der Waals surface area contributed by atoms with Crippen molar-refractivity contribution in [3.05, 3.63) is 35.5 Å². The molecule has 1 aliphatic rings. The number of aromatic nitrogens is 1. The van der Waals surface area contributed by atoms with Crippen LogP contribution in [0, 0.1) is 0 Å². The SMILES string of the molecule is CCC(=O)c1ccc2[nH]cc(C(=O)CC3CC(=O)N(C)C(N)=N3)c2c1. The number of rotatable bonds is 5. The van der Waals surface area contributed by atoms with Gasteiger partial charge in [-0.3, -0.25) is 19.3 Å². The molecular formula is C18H20N4O3. The lowest BCUT2D eigenvalue weighted by atomic mass is 9.98. The fourth-order valence-electron chi connectivity index (χ4n) is 2.96. The van der Waals surface area contributed by atoms with Crippen LogP contribution in [0.1, 0.15) is 46.9 Å². The Morgan fingerprint density at radius 3 is 2.80 bits per heavy atom. The molecule has 7 heteroatoms. The van der Waals surface area contributed by atoms with Gasteiger partial charge >= 0.3 is 0 Å². The maximum atomic E-state index is 12.7. The van der Waals surface area contributed by atoms with E-state index in [1.54, 1.807) is 38.4 Å². The molecule has 1 aliphatic heterocycles. The summed E-state index contributed by atoms with van der Waals surface area (Å²) in [6.07, 6.45) is 2.30. The Balaban J connectivity index is 1.87. The number of aromatic amines is 1. The van der Waals surface area contributed by atoms with Crippen molar-refractivity contribution in [1.29, 1.82) is 0 Å². The Bertz CT molecular complexity index is 897. The second kappa shape index (κ2) is 6.51. The molecule has 130 valence electrons. The summed E-state index contributed by atoms with van der Waals surface area (Å²) in [7, 11) is 1.56. The van der Waals surface area contributed by atoms with Gasteiger partial charge in [0.05, 0.1) is 12.5 Å². The second-order valence-corrected chi connectivity index (χ2v) is 6.16. The number of nitrogens with two attached hydrogens (primary N) is 1. The summed E-state index contributed by atoms with van der Waals surface area (Å²) in [5.41, 5.74) is 7.59. The molecule has 3 rings (SSSR count). The Hall–Kier alpha value is -2.96. The molecule has 1 aromatic heterocycles. The van der Waals surface area contributed by atoms with Crippen molar-refractivity contribution in [3.63, 3.8) is 0 Å². The van der Waals surface area contributed by atoms with Crippen molar-refractivity contribution in [2.75, 3.05) is 7.05 Å². The van der Waals surface area contributed by atoms with Crippen LogP contribution in [0.5, 0.6) is 0 Å². The van der Waals surface area contributed by atoms with Crippen molar-refractivity contribution >= 4 is 34.3 Å². The molecular weight excluding hydrogens is 320 g/mol. The predicted molar refractivity (Wildman–Crippen MR) is 94.7 cm³/mol. The average Bonchev–Trinajstić information content (AvgIpc) is 3.02. The van der Waals surface area contributed by atoms with Crippen LogP contribution in [0.15, 0.2) is 29.4 Å². The Morgan fingerprint density at radius 1 is 1.36 bits per heavy atom. The smallest absolute Gasteiger partial charge is 0.231 e. The Labute approximate surface area is 144 Å². The van der Waals surface area contributed by atoms with E-state index in [9.17, 15) is 14.4 Å². The number of nitrogens with one attached hydrogen (secondary N) is 1. The number of aliphatic imine (C=N–C) groups is 1. The molecule has 0 radical (unpaired) electrons. The lowest BCUT2D eigenvalue weighted by Gasteiger charge is -2.25. The van der Waals surface area contributed by atoms with Gasteiger partial charge in [0.1, 0.15) is 0 Å². The molecule has 0 saturated carbocycles. The number of carbonyl (C=O) groups is 3. The molecule has 2 heterocycles. The fourth-order valence-corrected chi connectivity index (χ4v) is 2.96. The van der Waals surface area contributed by atoms with Crippen LogP contribution in [0.4, 0.5) is 0 Å². The number of carbonyl (C=O) groups excluding carboxylic acids is 3. The maximum Gasteiger partial charge on any atom is 0.231 e. The standard InChI is InChI=1S/C18H20N4O3/c1-3-15(23)10-4-5-14-12(6-10)13(9-20-14)16(24)7-11-8-17(25)22(2)18(19)21-11/h4-6,9,11,20H,3,7-8H2,1-2H3,(H2,19,21). The monoisotopic (exact) mass is 340 g/mol. The average molecular weight is 340 g/mol. The molecule has 3 N–H and O–H groups in total. The molecule has 1 aromatic carbocycles. The van der Waals surface area contributed by atoms with Crippen LogP contribution in [-0.2, 0) is 4.79 Å². The third kappa shape index (κ3) is 3.17. The van der Waals surface area contributed by atoms with Gasteiger partial charge in [-0.15, -0.1) is 0 Å². The van der Waals surface area contributed by atoms with Gasteiger partial charge in [-0.2, -0.15) is 0 Å². The van der Waals surface area contributed by atoms with Gasteiger partial charge in [0.15, 0.2) is 17.5 Å². The van der Waals surface area contributed by atoms with Gasteiger partial charge in [0.2, 0.25) is 5.91 Å². The van der Waals surface area contributed by atoms with Crippen LogP contribution in [0.25, 0.3) is 10.9 Å². The summed E-state index contributed by atoms with van der Waals surface area (Å²) in [5.74, 6) is -0.130. The number of Topliss-reactive ketones (excluding diaryl/α,β-unsaturated/α-hetero) is 2. The predicted octanol–water partition coefficient (Wildman–Crippen LogP) is 1.88. The highest BCUT2D eigenvalue weighted by Gasteiger charge is 2.27. The summed E-state index contributed by atoms with van der Waals surface area (Å²) in [5, 5.41) is 0.709. The molecule has 0 saturated heterocycles. The van der Waals surface area contributed by atoms with Crippen LogP contribution in [-0.4, -0.2) is 46.4 Å². The summed E-state index contributed by atoms with van der Waals surface area (Å²) in [6.45, 7) is 1.80. The molecule has 0 bridgehead atoms. The summed E-state index contributed by atoms with van der Waals surface area (Å²) in [6, 6.07) is 4.83. The number of ketones is 2. The lowest BCUT2D eigenvalue weighted by molar-refractivity contribution is -0.127. The molecule has 0 aliphatic carbocycles. The third-order valence-electron chi connectivity index (χ3n) is 4.49. The number of amides is 1. The first-order valence-electron chi connectivity index (χ1n) is 8.18. The Morgan fingerprint density at radius 2 is 2.12 bits per heavy atom. The number of guanidine groups is 1. The van der Waals surface area contributed by atoms with Crippen molar-refractivity contribution in [1.82, 2.24) is 9.88 Å². The zero-order chi connectivity index (χ0) is 18.1. The van der Waals surface area contributed by atoms with Gasteiger partial charge < -0.3 is 10.7 Å². The molecule has 1 unspecified atom stereocenters. The van der Waals surface area contributed by atoms with Gasteiger partial charge in [-0.25, -0.2) is 4.99 Å². The van der Waals surface area contributed by atoms with E-state index in [-0.39, 0.29) is 36.3 Å². The number of hydrogen-bond acceptors (Lipinski definition) is 5. The van der Waals surface area contributed by atoms with Gasteiger partial charge in [0, 0.05) is 48.1 Å². The minimum Gasteiger partial charge on any atom is -0.369 e. The normalized spacial score (nSPS) is 17.7. The number of hydrogen-bond donors (Lipinski definition) is 2. The second-order valence-electron chi connectivity index (χ2n) is 6.16. The van der Waals surface area contributed by atoms with Crippen LogP contribution in [0.2, 0.25) is 0 Å². The topological polar surface area (TPSA) is 109 Å². The lowest BCUT2D eigenvalue weighted by Crippen LogP contribution is -2.45. The van der Waals surface area contributed by atoms with E-state index in [4.69, 9.17) is 5.73 Å². The van der Waals surface area contributed by atoms with Gasteiger partial charge in [-0.1, -0.05) is 6.92 Å². The van der Waals surface area contributed by atoms with Gasteiger partial charge in [-0.05, 0) is 18.2 Å². The Kier molecular flexibility index (Phi) is 4.39. The summed E-state index contributed by atoms with van der Waals surface area (Å²) < 4.78 is 0. The number of fused-ring (bicyclic) bond motifs is 1. The van der Waals surface area contributed by atoms with E-state index >= 15 is 0 Å². The molecule has 25 heavy (non-hydrogen) atoms. The quantitative estimate of drug-likeness (QED) is 0.810. The van der Waals surface area contributed by atoms with Gasteiger partial charge in [0.25, 0.3) is 0 Å². The van der Waals surface area contributed by atoms with E-state index in [0.717, 1.165) is 5.52 Å². The highest BCUT2D eigenvalue weighted by Crippen LogP contribution is 2.24. The zero-order valence-electron chi connectivity index (χ0n) is 14.2. The van der Waals surface area contributed by atoms with Crippen LogP contribution < -0.4 is 5.73 Å². The minimum atomic E-state index is -0.457. The largest absolute Gasteiger partial charge is 0.369 e. The minimum absolute atomic E-state index is 0.0276. The molecule has 0 spiro atoms. The van der Waals surface area contributed by atoms with E-state index in [1.807, 2.05) is 0 Å². The van der Waals surface area contributed by atoms with Crippen molar-refractivity contribution < 1.29 is 14.4 Å². The number of benzene rings is 1. The molecule has 1 amide bonds. The van der Waals surface area contributed by atoms with E-state index in [1.165, 1.54) is 4.90 Å². The first-order valence-corrected chi connectivity index (χ1v) is 8.18. The van der Waals surface area contributed by atoms with E-state index in [0.29, 0.717) is 22.9 Å². The third-order valence-corrected chi connectivity index (χ3v) is 4.49. The molecule has 0 fully saturated rings. The van der Waals surface area contributed by atoms with Crippen LogP contribution in [0.3, 0.4) is 0 Å². The fraction of sp³-hybridized carbons (Fsp3) is 0.333. The maximum absolute atomic E-state index is 12.7. The zero-order valence-corrected chi connectivity index (χ0v) is 14.2. The van der Waals surface area contributed by atoms with Crippen molar-refractivity contribution in [3.8, 4) is 0 Å². The molecule has 1 atom stereocenters. The number of H-pyrrole nitrogens is 1. The summed E-state index contributed by atoms with van der Waals surface area (Å²) in [4.78, 5) is 45.0. The molecule has 7 nitrogen and oxygen atoms in total. The first kappa shape index (κ1) is 16.9. The molecule has 2 aromatic rings. The van der Waals surface area contributed by atoms with E-state index < -0.39 is 6.04 Å². The highest BCUT2D eigenvalue weighted by atomic mass is 16.2. The first-order chi connectivity index (χ1) is 11.9. The van der Waals surface area contributed by atoms with E-state index in [2.05, 4.69) is 9.98 Å². The highest BCUT2D eigenvalue weighted by molar-refractivity contribution is 6.10.